The third-order valence-corrected chi connectivity index (χ3v) is 3.20. The zero-order valence-electron chi connectivity index (χ0n) is 10.6. The smallest absolute Gasteiger partial charge is 0.119 e. The van der Waals surface area contributed by atoms with Gasteiger partial charge in [-0.25, -0.2) is 0 Å². The third-order valence-electron chi connectivity index (χ3n) is 3.20. The Morgan fingerprint density at radius 2 is 2.22 bits per heavy atom. The number of methoxy groups -OCH3 is 1. The standard InChI is InChI=1S/C14H18N2O2/c1-17-14-4-2-3-12(10-14)9-13(11-15)16-5-7-18-8-6-16/h2-4,10,13H,5-9H2,1H3. The van der Waals surface area contributed by atoms with Crippen molar-refractivity contribution in [2.75, 3.05) is 33.4 Å². The Balaban J connectivity index is 2.02. The molecule has 0 spiro atoms. The van der Waals surface area contributed by atoms with Gasteiger partial charge in [-0.15, -0.1) is 0 Å². The summed E-state index contributed by atoms with van der Waals surface area (Å²) >= 11 is 0. The Morgan fingerprint density at radius 3 is 2.89 bits per heavy atom. The molecule has 1 saturated heterocycles. The first-order valence-corrected chi connectivity index (χ1v) is 6.18. The number of hydrogen-bond donors (Lipinski definition) is 0. The lowest BCUT2D eigenvalue weighted by Gasteiger charge is -2.30. The second-order valence-corrected chi connectivity index (χ2v) is 4.35. The second-order valence-electron chi connectivity index (χ2n) is 4.35. The van der Waals surface area contributed by atoms with E-state index in [0.717, 1.165) is 44.0 Å². The molecule has 1 heterocycles. The molecule has 1 aliphatic rings. The van der Waals surface area contributed by atoms with Crippen molar-refractivity contribution in [3.63, 3.8) is 0 Å². The minimum absolute atomic E-state index is 0.0824. The number of morpholine rings is 1. The highest BCUT2D eigenvalue weighted by molar-refractivity contribution is 5.29. The molecule has 0 aliphatic carbocycles. The molecule has 1 atom stereocenters. The van der Waals surface area contributed by atoms with Gasteiger partial charge in [0.1, 0.15) is 11.8 Å². The predicted molar refractivity (Wildman–Crippen MR) is 68.5 cm³/mol. The SMILES string of the molecule is COc1cccc(CC(C#N)N2CCOCC2)c1. The molecule has 2 rings (SSSR count). The molecule has 0 N–H and O–H groups in total. The molecule has 1 fully saturated rings. The lowest BCUT2D eigenvalue weighted by Crippen LogP contribution is -2.43. The fourth-order valence-electron chi connectivity index (χ4n) is 2.17. The molecule has 0 aromatic heterocycles. The third kappa shape index (κ3) is 3.22. The van der Waals surface area contributed by atoms with E-state index in [1.54, 1.807) is 7.11 Å². The van der Waals surface area contributed by atoms with Gasteiger partial charge in [0.15, 0.2) is 0 Å². The number of nitrogens with zero attached hydrogens (tertiary/aromatic N) is 2. The summed E-state index contributed by atoms with van der Waals surface area (Å²) in [6.07, 6.45) is 0.730. The summed E-state index contributed by atoms with van der Waals surface area (Å²) in [6, 6.07) is 10.2. The predicted octanol–water partition coefficient (Wildman–Crippen LogP) is 1.46. The Labute approximate surface area is 108 Å². The quantitative estimate of drug-likeness (QED) is 0.807. The fourth-order valence-corrected chi connectivity index (χ4v) is 2.17. The fraction of sp³-hybridized carbons (Fsp3) is 0.500. The van der Waals surface area contributed by atoms with Gasteiger partial charge in [-0.1, -0.05) is 12.1 Å². The number of ether oxygens (including phenoxy) is 2. The summed E-state index contributed by atoms with van der Waals surface area (Å²) in [5, 5.41) is 9.30. The van der Waals surface area contributed by atoms with Crippen molar-refractivity contribution in [3.05, 3.63) is 29.8 Å². The van der Waals surface area contributed by atoms with Gasteiger partial charge >= 0.3 is 0 Å². The van der Waals surface area contributed by atoms with Crippen LogP contribution < -0.4 is 4.74 Å². The first-order valence-electron chi connectivity index (χ1n) is 6.18. The Hall–Kier alpha value is -1.57. The van der Waals surface area contributed by atoms with Crippen molar-refractivity contribution < 1.29 is 9.47 Å². The Bertz CT molecular complexity index is 422. The van der Waals surface area contributed by atoms with Crippen LogP contribution >= 0.6 is 0 Å². The summed E-state index contributed by atoms with van der Waals surface area (Å²) in [5.41, 5.74) is 1.13. The van der Waals surface area contributed by atoms with E-state index < -0.39 is 0 Å². The topological polar surface area (TPSA) is 45.5 Å². The summed E-state index contributed by atoms with van der Waals surface area (Å²) < 4.78 is 10.5. The molecule has 4 nitrogen and oxygen atoms in total. The highest BCUT2D eigenvalue weighted by Gasteiger charge is 2.20. The molecule has 96 valence electrons. The van der Waals surface area contributed by atoms with Crippen LogP contribution in [0.4, 0.5) is 0 Å². The maximum absolute atomic E-state index is 9.30. The van der Waals surface area contributed by atoms with Crippen LogP contribution in [0.3, 0.4) is 0 Å². The zero-order chi connectivity index (χ0) is 12.8. The van der Waals surface area contributed by atoms with Crippen LogP contribution in [0.15, 0.2) is 24.3 Å². The van der Waals surface area contributed by atoms with E-state index in [0.29, 0.717) is 0 Å². The molecule has 0 amide bonds. The van der Waals surface area contributed by atoms with Gasteiger partial charge in [-0.2, -0.15) is 5.26 Å². The molecule has 1 aromatic rings. The van der Waals surface area contributed by atoms with E-state index in [-0.39, 0.29) is 6.04 Å². The zero-order valence-corrected chi connectivity index (χ0v) is 10.6. The van der Waals surface area contributed by atoms with Gasteiger partial charge in [0.2, 0.25) is 0 Å². The van der Waals surface area contributed by atoms with E-state index >= 15 is 0 Å². The van der Waals surface area contributed by atoms with Gasteiger partial charge in [0.25, 0.3) is 0 Å². The van der Waals surface area contributed by atoms with Crippen LogP contribution in [0, 0.1) is 11.3 Å². The number of nitriles is 1. The lowest BCUT2D eigenvalue weighted by atomic mass is 10.0. The van der Waals surface area contributed by atoms with Crippen molar-refractivity contribution in [3.8, 4) is 11.8 Å². The van der Waals surface area contributed by atoms with Gasteiger partial charge in [-0.05, 0) is 17.7 Å². The normalized spacial score (nSPS) is 18.0. The summed E-state index contributed by atoms with van der Waals surface area (Å²) in [5.74, 6) is 0.839. The van der Waals surface area contributed by atoms with E-state index in [2.05, 4.69) is 11.0 Å². The highest BCUT2D eigenvalue weighted by atomic mass is 16.5. The minimum atomic E-state index is -0.0824. The van der Waals surface area contributed by atoms with Crippen molar-refractivity contribution in [2.45, 2.75) is 12.5 Å². The van der Waals surface area contributed by atoms with Gasteiger partial charge in [-0.3, -0.25) is 4.90 Å². The van der Waals surface area contributed by atoms with Gasteiger partial charge in [0.05, 0.1) is 26.4 Å². The number of hydrogen-bond acceptors (Lipinski definition) is 4. The molecule has 0 radical (unpaired) electrons. The second kappa shape index (κ2) is 6.39. The molecule has 18 heavy (non-hydrogen) atoms. The van der Waals surface area contributed by atoms with E-state index in [9.17, 15) is 5.26 Å². The van der Waals surface area contributed by atoms with Crippen molar-refractivity contribution in [1.82, 2.24) is 4.90 Å². The summed E-state index contributed by atoms with van der Waals surface area (Å²) in [6.45, 7) is 3.11. The van der Waals surface area contributed by atoms with E-state index in [1.807, 2.05) is 24.3 Å². The molecule has 1 aromatic carbocycles. The van der Waals surface area contributed by atoms with Gasteiger partial charge < -0.3 is 9.47 Å². The average Bonchev–Trinajstić information content (AvgIpc) is 2.46. The summed E-state index contributed by atoms with van der Waals surface area (Å²) in [4.78, 5) is 2.18. The minimum Gasteiger partial charge on any atom is -0.497 e. The van der Waals surface area contributed by atoms with Gasteiger partial charge in [0, 0.05) is 19.5 Å². The van der Waals surface area contributed by atoms with E-state index in [4.69, 9.17) is 9.47 Å². The maximum atomic E-state index is 9.30. The van der Waals surface area contributed by atoms with E-state index in [1.165, 1.54) is 0 Å². The van der Waals surface area contributed by atoms with Crippen LogP contribution in [0.2, 0.25) is 0 Å². The number of rotatable bonds is 4. The van der Waals surface area contributed by atoms with Crippen LogP contribution in [-0.2, 0) is 11.2 Å². The summed E-state index contributed by atoms with van der Waals surface area (Å²) in [7, 11) is 1.66. The largest absolute Gasteiger partial charge is 0.497 e. The molecule has 0 bridgehead atoms. The Morgan fingerprint density at radius 1 is 1.44 bits per heavy atom. The van der Waals surface area contributed by atoms with Crippen molar-refractivity contribution >= 4 is 0 Å². The van der Waals surface area contributed by atoms with Crippen molar-refractivity contribution in [1.29, 1.82) is 5.26 Å². The number of benzene rings is 1. The highest BCUT2D eigenvalue weighted by Crippen LogP contribution is 2.16. The lowest BCUT2D eigenvalue weighted by molar-refractivity contribution is 0.0270. The first kappa shape index (κ1) is 12.9. The Kier molecular flexibility index (Phi) is 4.57. The molecule has 1 unspecified atom stereocenters. The van der Waals surface area contributed by atoms with Crippen LogP contribution in [0.5, 0.6) is 5.75 Å². The molecule has 0 saturated carbocycles. The van der Waals surface area contributed by atoms with Crippen LogP contribution in [0.1, 0.15) is 5.56 Å². The molecule has 4 heteroatoms. The van der Waals surface area contributed by atoms with Crippen LogP contribution in [-0.4, -0.2) is 44.4 Å². The monoisotopic (exact) mass is 246 g/mol. The molecular formula is C14H18N2O2. The maximum Gasteiger partial charge on any atom is 0.119 e. The molecule has 1 aliphatic heterocycles. The van der Waals surface area contributed by atoms with Crippen molar-refractivity contribution in [2.24, 2.45) is 0 Å². The molecular weight excluding hydrogens is 228 g/mol. The first-order chi connectivity index (χ1) is 8.83. The van der Waals surface area contributed by atoms with Crippen LogP contribution in [0.25, 0.3) is 0 Å². The average molecular weight is 246 g/mol.